The van der Waals surface area contributed by atoms with E-state index in [1.165, 1.54) is 27.8 Å². The van der Waals surface area contributed by atoms with Gasteiger partial charge in [-0.1, -0.05) is 58.7 Å². The third kappa shape index (κ3) is 5.27. The standard InChI is InChI=1S/C28H20Cl2N6O4/c29-18-6-8-22(36-14-26(30)33-34-36)20(11-18)21-13-27(37)35(15-31-21)23(10-17-4-2-1-3-5-17)28(38)32-19-7-9-24-25(12-19)40-16-39-24/h1-9,11-15,23H,10,16H2,(H,32,38)/t23-/m0/s1. The van der Waals surface area contributed by atoms with Gasteiger partial charge in [-0.05, 0) is 35.9 Å². The second-order valence-electron chi connectivity index (χ2n) is 8.93. The summed E-state index contributed by atoms with van der Waals surface area (Å²) in [6, 6.07) is 20.1. The third-order valence-corrected chi connectivity index (χ3v) is 6.74. The van der Waals surface area contributed by atoms with Gasteiger partial charge in [-0.2, -0.15) is 0 Å². The van der Waals surface area contributed by atoms with Crippen molar-refractivity contribution >= 4 is 34.8 Å². The molecule has 10 nitrogen and oxygen atoms in total. The van der Waals surface area contributed by atoms with Gasteiger partial charge in [0.15, 0.2) is 16.7 Å². The fourth-order valence-electron chi connectivity index (χ4n) is 4.42. The predicted octanol–water partition coefficient (Wildman–Crippen LogP) is 4.95. The summed E-state index contributed by atoms with van der Waals surface area (Å²) in [5.74, 6) is 0.745. The van der Waals surface area contributed by atoms with Gasteiger partial charge in [-0.15, -0.1) is 5.10 Å². The van der Waals surface area contributed by atoms with Crippen molar-refractivity contribution in [1.29, 1.82) is 0 Å². The number of halogens is 2. The lowest BCUT2D eigenvalue weighted by molar-refractivity contribution is -0.119. The number of carbonyl (C=O) groups excluding carboxylic acids is 1. The van der Waals surface area contributed by atoms with Crippen LogP contribution in [0.3, 0.4) is 0 Å². The number of nitrogens with zero attached hydrogens (tertiary/aromatic N) is 5. The fourth-order valence-corrected chi connectivity index (χ4v) is 4.72. The van der Waals surface area contributed by atoms with Gasteiger partial charge in [0, 0.05) is 34.8 Å². The summed E-state index contributed by atoms with van der Waals surface area (Å²) >= 11 is 12.2. The van der Waals surface area contributed by atoms with Crippen LogP contribution in [0.2, 0.25) is 10.2 Å². The zero-order valence-electron chi connectivity index (χ0n) is 20.7. The number of nitrogens with one attached hydrogen (secondary N) is 1. The summed E-state index contributed by atoms with van der Waals surface area (Å²) in [5, 5.41) is 11.4. The molecule has 2 aromatic heterocycles. The number of aromatic nitrogens is 5. The molecule has 0 unspecified atom stereocenters. The van der Waals surface area contributed by atoms with E-state index >= 15 is 0 Å². The molecular weight excluding hydrogens is 555 g/mol. The van der Waals surface area contributed by atoms with Gasteiger partial charge in [0.05, 0.1) is 23.9 Å². The number of anilines is 1. The predicted molar refractivity (Wildman–Crippen MR) is 149 cm³/mol. The minimum atomic E-state index is -0.894. The molecule has 0 radical (unpaired) electrons. The van der Waals surface area contributed by atoms with Crippen LogP contribution >= 0.6 is 23.2 Å². The Hall–Kier alpha value is -4.67. The number of amides is 1. The highest BCUT2D eigenvalue weighted by atomic mass is 35.5. The van der Waals surface area contributed by atoms with Crippen LogP contribution in [0.5, 0.6) is 11.5 Å². The van der Waals surface area contributed by atoms with Crippen molar-refractivity contribution in [2.24, 2.45) is 0 Å². The average Bonchev–Trinajstić information content (AvgIpc) is 3.61. The number of hydrogen-bond acceptors (Lipinski definition) is 7. The monoisotopic (exact) mass is 574 g/mol. The van der Waals surface area contributed by atoms with E-state index in [9.17, 15) is 9.59 Å². The van der Waals surface area contributed by atoms with Crippen LogP contribution in [0.1, 0.15) is 11.6 Å². The first-order chi connectivity index (χ1) is 19.4. The molecule has 6 rings (SSSR count). The zero-order chi connectivity index (χ0) is 27.6. The van der Waals surface area contributed by atoms with E-state index < -0.39 is 11.6 Å². The summed E-state index contributed by atoms with van der Waals surface area (Å²) in [7, 11) is 0. The lowest BCUT2D eigenvalue weighted by Gasteiger charge is -2.20. The molecule has 0 spiro atoms. The van der Waals surface area contributed by atoms with E-state index in [1.54, 1.807) is 36.4 Å². The number of ether oxygens (including phenoxy) is 2. The minimum absolute atomic E-state index is 0.120. The van der Waals surface area contributed by atoms with Gasteiger partial charge < -0.3 is 14.8 Å². The van der Waals surface area contributed by atoms with E-state index in [4.69, 9.17) is 32.7 Å². The quantitative estimate of drug-likeness (QED) is 0.292. The first-order valence-electron chi connectivity index (χ1n) is 12.2. The van der Waals surface area contributed by atoms with Crippen LogP contribution in [-0.2, 0) is 11.2 Å². The first-order valence-corrected chi connectivity index (χ1v) is 12.9. The Bertz CT molecular complexity index is 1770. The second-order valence-corrected chi connectivity index (χ2v) is 9.75. The van der Waals surface area contributed by atoms with E-state index in [0.29, 0.717) is 39.2 Å². The van der Waals surface area contributed by atoms with E-state index in [-0.39, 0.29) is 24.3 Å². The van der Waals surface area contributed by atoms with Gasteiger partial charge in [-0.3, -0.25) is 14.2 Å². The van der Waals surface area contributed by atoms with Gasteiger partial charge in [-0.25, -0.2) is 9.67 Å². The maximum absolute atomic E-state index is 13.6. The molecule has 3 heterocycles. The van der Waals surface area contributed by atoms with Gasteiger partial charge >= 0.3 is 0 Å². The van der Waals surface area contributed by atoms with Crippen LogP contribution in [0, 0.1) is 0 Å². The molecule has 0 aliphatic carbocycles. The number of benzene rings is 3. The van der Waals surface area contributed by atoms with Crippen molar-refractivity contribution in [2.45, 2.75) is 12.5 Å². The topological polar surface area (TPSA) is 113 Å². The lowest BCUT2D eigenvalue weighted by atomic mass is 10.0. The highest BCUT2D eigenvalue weighted by Gasteiger charge is 2.24. The van der Waals surface area contributed by atoms with Crippen LogP contribution in [0.15, 0.2) is 90.1 Å². The lowest BCUT2D eigenvalue weighted by Crippen LogP contribution is -2.34. The molecule has 1 aliphatic heterocycles. The molecule has 0 fully saturated rings. The van der Waals surface area contributed by atoms with Gasteiger partial charge in [0.25, 0.3) is 5.56 Å². The van der Waals surface area contributed by atoms with Gasteiger partial charge in [0.1, 0.15) is 6.04 Å². The largest absolute Gasteiger partial charge is 0.454 e. The molecule has 5 aromatic rings. The molecule has 3 aromatic carbocycles. The molecule has 40 heavy (non-hydrogen) atoms. The Labute approximate surface area is 237 Å². The molecule has 200 valence electrons. The SMILES string of the molecule is O=C(Nc1ccc2c(c1)OCO2)[C@H](Cc1ccccc1)n1cnc(-c2cc(Cl)ccc2-n2cc(Cl)nn2)cc1=O. The molecule has 1 atom stereocenters. The Morgan fingerprint density at radius 3 is 2.60 bits per heavy atom. The normalized spacial score (nSPS) is 12.8. The molecule has 1 amide bonds. The van der Waals surface area contributed by atoms with Crippen LogP contribution in [0.4, 0.5) is 5.69 Å². The summed E-state index contributed by atoms with van der Waals surface area (Å²) in [6.07, 6.45) is 3.16. The highest BCUT2D eigenvalue weighted by Crippen LogP contribution is 2.34. The van der Waals surface area contributed by atoms with Crippen molar-refractivity contribution in [3.63, 3.8) is 0 Å². The van der Waals surface area contributed by atoms with Crippen molar-refractivity contribution in [2.75, 3.05) is 12.1 Å². The molecule has 1 aliphatic rings. The second kappa shape index (κ2) is 10.8. The molecule has 1 N–H and O–H groups in total. The van der Waals surface area contributed by atoms with E-state index in [2.05, 4.69) is 20.6 Å². The van der Waals surface area contributed by atoms with Gasteiger partial charge in [0.2, 0.25) is 12.7 Å². The average molecular weight is 575 g/mol. The molecule has 0 saturated carbocycles. The summed E-state index contributed by atoms with van der Waals surface area (Å²) in [4.78, 5) is 31.6. The highest BCUT2D eigenvalue weighted by molar-refractivity contribution is 6.31. The summed E-state index contributed by atoms with van der Waals surface area (Å²) in [5.41, 5.74) is 2.44. The number of fused-ring (bicyclic) bond motifs is 1. The maximum Gasteiger partial charge on any atom is 0.254 e. The maximum atomic E-state index is 13.6. The Morgan fingerprint density at radius 1 is 1.00 bits per heavy atom. The summed E-state index contributed by atoms with van der Waals surface area (Å²) < 4.78 is 13.6. The number of hydrogen-bond donors (Lipinski definition) is 1. The van der Waals surface area contributed by atoms with Crippen LogP contribution in [0.25, 0.3) is 16.9 Å². The molecule has 0 bridgehead atoms. The zero-order valence-corrected chi connectivity index (χ0v) is 22.2. The van der Waals surface area contributed by atoms with E-state index in [0.717, 1.165) is 5.56 Å². The smallest absolute Gasteiger partial charge is 0.254 e. The van der Waals surface area contributed by atoms with Crippen molar-refractivity contribution in [1.82, 2.24) is 24.5 Å². The van der Waals surface area contributed by atoms with Crippen LogP contribution in [-0.4, -0.2) is 37.2 Å². The summed E-state index contributed by atoms with van der Waals surface area (Å²) in [6.45, 7) is 0.120. The Balaban J connectivity index is 1.36. The Morgan fingerprint density at radius 2 is 1.82 bits per heavy atom. The number of rotatable bonds is 7. The number of carbonyl (C=O) groups is 1. The van der Waals surface area contributed by atoms with Crippen LogP contribution < -0.4 is 20.3 Å². The van der Waals surface area contributed by atoms with Crippen molar-refractivity contribution in [3.8, 4) is 28.4 Å². The molecule has 12 heteroatoms. The van der Waals surface area contributed by atoms with Crippen molar-refractivity contribution in [3.05, 3.63) is 111 Å². The molecule has 0 saturated heterocycles. The fraction of sp³-hybridized carbons (Fsp3) is 0.107. The first kappa shape index (κ1) is 25.6. The Kier molecular flexibility index (Phi) is 6.93. The molecular formula is C28H20Cl2N6O4. The minimum Gasteiger partial charge on any atom is -0.454 e. The van der Waals surface area contributed by atoms with E-state index in [1.807, 2.05) is 30.3 Å². The third-order valence-electron chi connectivity index (χ3n) is 6.33. The van der Waals surface area contributed by atoms with Crippen molar-refractivity contribution < 1.29 is 14.3 Å².